The van der Waals surface area contributed by atoms with Gasteiger partial charge in [0.25, 0.3) is 0 Å². The van der Waals surface area contributed by atoms with E-state index in [0.29, 0.717) is 0 Å². The van der Waals surface area contributed by atoms with Crippen molar-refractivity contribution in [2.75, 3.05) is 13.2 Å². The number of rotatable bonds is 13. The number of nitrogens with two attached hydrogens (primary N) is 1. The number of benzene rings is 1. The van der Waals surface area contributed by atoms with Crippen LogP contribution >= 0.6 is 12.4 Å². The van der Waals surface area contributed by atoms with E-state index >= 15 is 0 Å². The van der Waals surface area contributed by atoms with Gasteiger partial charge in [0.15, 0.2) is 0 Å². The molecule has 0 spiro atoms. The quantitative estimate of drug-likeness (QED) is 0.494. The van der Waals surface area contributed by atoms with Crippen LogP contribution in [0.25, 0.3) is 0 Å². The Balaban J connectivity index is 0.00000529. The summed E-state index contributed by atoms with van der Waals surface area (Å²) >= 11 is 0. The highest BCUT2D eigenvalue weighted by Gasteiger charge is 2.16. The summed E-state index contributed by atoms with van der Waals surface area (Å²) in [5.74, 6) is 0.942. The summed E-state index contributed by atoms with van der Waals surface area (Å²) in [5, 5.41) is 9.17. The van der Waals surface area contributed by atoms with Crippen LogP contribution in [0.15, 0.2) is 24.3 Å². The lowest BCUT2D eigenvalue weighted by molar-refractivity contribution is 0.200. The molecule has 1 aromatic carbocycles. The normalized spacial score (nSPS) is 13.2. The van der Waals surface area contributed by atoms with E-state index in [4.69, 9.17) is 10.5 Å². The molecule has 0 fully saturated rings. The highest BCUT2D eigenvalue weighted by Crippen LogP contribution is 2.16. The lowest BCUT2D eigenvalue weighted by Crippen LogP contribution is -2.40. The summed E-state index contributed by atoms with van der Waals surface area (Å²) < 4.78 is 5.79. The molecular formula is C20H36ClNO2. The Labute approximate surface area is 154 Å². The zero-order valence-corrected chi connectivity index (χ0v) is 16.2. The van der Waals surface area contributed by atoms with Crippen LogP contribution in [-0.4, -0.2) is 23.9 Å². The molecule has 0 aliphatic carbocycles. The van der Waals surface area contributed by atoms with E-state index in [9.17, 15) is 5.11 Å². The van der Waals surface area contributed by atoms with Gasteiger partial charge in [-0.1, -0.05) is 57.6 Å². The molecule has 1 rings (SSSR count). The van der Waals surface area contributed by atoms with Crippen molar-refractivity contribution in [2.45, 2.75) is 77.2 Å². The Morgan fingerprint density at radius 3 is 2.17 bits per heavy atom. The molecule has 0 saturated carbocycles. The van der Waals surface area contributed by atoms with Gasteiger partial charge in [-0.25, -0.2) is 0 Å². The van der Waals surface area contributed by atoms with Crippen LogP contribution in [0, 0.1) is 0 Å². The number of halogens is 1. The van der Waals surface area contributed by atoms with Crippen LogP contribution in [0.4, 0.5) is 0 Å². The van der Waals surface area contributed by atoms with Crippen molar-refractivity contribution >= 4 is 12.4 Å². The van der Waals surface area contributed by atoms with Gasteiger partial charge in [0.2, 0.25) is 0 Å². The second-order valence-corrected chi connectivity index (χ2v) is 6.93. The van der Waals surface area contributed by atoms with E-state index in [0.717, 1.165) is 31.6 Å². The number of aliphatic hydroxyl groups is 1. The van der Waals surface area contributed by atoms with Gasteiger partial charge in [0, 0.05) is 5.54 Å². The average Bonchev–Trinajstić information content (AvgIpc) is 2.56. The SMILES string of the molecule is CCCCCCCCCOc1ccc(CCC(C)(N)CO)cc1.Cl. The number of ether oxygens (including phenoxy) is 1. The van der Waals surface area contributed by atoms with Crippen LogP contribution in [0.1, 0.15) is 70.8 Å². The van der Waals surface area contributed by atoms with E-state index in [1.165, 1.54) is 44.1 Å². The molecule has 0 aromatic heterocycles. The van der Waals surface area contributed by atoms with Crippen molar-refractivity contribution < 1.29 is 9.84 Å². The summed E-state index contributed by atoms with van der Waals surface area (Å²) in [4.78, 5) is 0. The van der Waals surface area contributed by atoms with Crippen molar-refractivity contribution in [3.8, 4) is 5.75 Å². The Hall–Kier alpha value is -0.770. The first-order valence-electron chi connectivity index (χ1n) is 9.19. The number of hydrogen-bond donors (Lipinski definition) is 2. The molecule has 4 heteroatoms. The molecule has 0 amide bonds. The van der Waals surface area contributed by atoms with Crippen molar-refractivity contribution in [3.63, 3.8) is 0 Å². The minimum absolute atomic E-state index is 0. The van der Waals surface area contributed by atoms with Gasteiger partial charge in [0.05, 0.1) is 13.2 Å². The van der Waals surface area contributed by atoms with Crippen molar-refractivity contribution in [1.29, 1.82) is 0 Å². The minimum Gasteiger partial charge on any atom is -0.494 e. The average molecular weight is 358 g/mol. The summed E-state index contributed by atoms with van der Waals surface area (Å²) in [6, 6.07) is 8.24. The summed E-state index contributed by atoms with van der Waals surface area (Å²) in [6.45, 7) is 4.96. The fourth-order valence-electron chi connectivity index (χ4n) is 2.51. The number of hydrogen-bond acceptors (Lipinski definition) is 3. The monoisotopic (exact) mass is 357 g/mol. The maximum absolute atomic E-state index is 9.17. The van der Waals surface area contributed by atoms with Crippen molar-refractivity contribution in [2.24, 2.45) is 5.73 Å². The molecule has 140 valence electrons. The molecule has 24 heavy (non-hydrogen) atoms. The van der Waals surface area contributed by atoms with E-state index in [2.05, 4.69) is 19.1 Å². The topological polar surface area (TPSA) is 55.5 Å². The first-order valence-corrected chi connectivity index (χ1v) is 9.19. The van der Waals surface area contributed by atoms with E-state index in [-0.39, 0.29) is 19.0 Å². The van der Waals surface area contributed by atoms with Crippen molar-refractivity contribution in [1.82, 2.24) is 0 Å². The third-order valence-electron chi connectivity index (χ3n) is 4.29. The Kier molecular flexibility index (Phi) is 13.1. The molecule has 3 nitrogen and oxygen atoms in total. The predicted octanol–water partition coefficient (Wildman–Crippen LogP) is 4.88. The molecule has 1 atom stereocenters. The molecule has 1 aromatic rings. The van der Waals surface area contributed by atoms with Crippen molar-refractivity contribution in [3.05, 3.63) is 29.8 Å². The fraction of sp³-hybridized carbons (Fsp3) is 0.700. The first kappa shape index (κ1) is 23.2. The molecule has 0 aliphatic heterocycles. The van der Waals surface area contributed by atoms with Crippen LogP contribution in [0.3, 0.4) is 0 Å². The van der Waals surface area contributed by atoms with E-state index in [1.807, 2.05) is 19.1 Å². The van der Waals surface area contributed by atoms with Gasteiger partial charge in [-0.3, -0.25) is 0 Å². The van der Waals surface area contributed by atoms with Crippen LogP contribution in [0.5, 0.6) is 5.75 Å². The van der Waals surface area contributed by atoms with E-state index < -0.39 is 5.54 Å². The molecule has 0 heterocycles. The zero-order valence-electron chi connectivity index (χ0n) is 15.4. The smallest absolute Gasteiger partial charge is 0.119 e. The molecule has 3 N–H and O–H groups in total. The van der Waals surface area contributed by atoms with Crippen LogP contribution in [-0.2, 0) is 6.42 Å². The lowest BCUT2D eigenvalue weighted by atomic mass is 9.95. The summed E-state index contributed by atoms with van der Waals surface area (Å²) in [7, 11) is 0. The van der Waals surface area contributed by atoms with Gasteiger partial charge >= 0.3 is 0 Å². The third-order valence-corrected chi connectivity index (χ3v) is 4.29. The third kappa shape index (κ3) is 10.9. The zero-order chi connectivity index (χ0) is 17.0. The highest BCUT2D eigenvalue weighted by molar-refractivity contribution is 5.85. The Bertz CT molecular complexity index is 407. The Morgan fingerprint density at radius 1 is 1.00 bits per heavy atom. The van der Waals surface area contributed by atoms with Gasteiger partial charge in [0.1, 0.15) is 5.75 Å². The largest absolute Gasteiger partial charge is 0.494 e. The molecule has 1 unspecified atom stereocenters. The van der Waals surface area contributed by atoms with Gasteiger partial charge in [-0.2, -0.15) is 0 Å². The number of aliphatic hydroxyl groups excluding tert-OH is 1. The number of unbranched alkanes of at least 4 members (excludes halogenated alkanes) is 6. The first-order chi connectivity index (χ1) is 11.1. The lowest BCUT2D eigenvalue weighted by Gasteiger charge is -2.21. The second kappa shape index (κ2) is 13.5. The van der Waals surface area contributed by atoms with Crippen LogP contribution in [0.2, 0.25) is 0 Å². The maximum Gasteiger partial charge on any atom is 0.119 e. The molecule has 0 radical (unpaired) electrons. The van der Waals surface area contributed by atoms with Crippen LogP contribution < -0.4 is 10.5 Å². The minimum atomic E-state index is -0.494. The standard InChI is InChI=1S/C20H35NO2.ClH/c1-3-4-5-6-7-8-9-16-23-19-12-10-18(11-13-19)14-15-20(2,21)17-22;/h10-13,22H,3-9,14-17,21H2,1-2H3;1H. The van der Waals surface area contributed by atoms with Gasteiger partial charge in [-0.15, -0.1) is 12.4 Å². The second-order valence-electron chi connectivity index (χ2n) is 6.93. The van der Waals surface area contributed by atoms with Gasteiger partial charge in [-0.05, 0) is 43.9 Å². The fourth-order valence-corrected chi connectivity index (χ4v) is 2.51. The molecule has 0 aliphatic rings. The summed E-state index contributed by atoms with van der Waals surface area (Å²) in [6.07, 6.45) is 10.8. The van der Waals surface area contributed by atoms with E-state index in [1.54, 1.807) is 0 Å². The maximum atomic E-state index is 9.17. The molecule has 0 saturated heterocycles. The summed E-state index contributed by atoms with van der Waals surface area (Å²) in [5.41, 5.74) is 6.69. The predicted molar refractivity (Wildman–Crippen MR) is 105 cm³/mol. The molecule has 0 bridgehead atoms. The molecular weight excluding hydrogens is 322 g/mol. The van der Waals surface area contributed by atoms with Gasteiger partial charge < -0.3 is 15.6 Å². The number of aryl methyl sites for hydroxylation is 1. The highest BCUT2D eigenvalue weighted by atomic mass is 35.5. The Morgan fingerprint density at radius 2 is 1.58 bits per heavy atom.